The van der Waals surface area contributed by atoms with Gasteiger partial charge in [-0.15, -0.1) is 0 Å². The van der Waals surface area contributed by atoms with Gasteiger partial charge in [0.15, 0.2) is 12.4 Å². The van der Waals surface area contributed by atoms with Crippen LogP contribution in [0.25, 0.3) is 11.3 Å². The third kappa shape index (κ3) is 4.82. The van der Waals surface area contributed by atoms with Crippen molar-refractivity contribution in [1.82, 2.24) is 9.71 Å². The molecular weight excluding hydrogens is 382 g/mol. The second-order valence-corrected chi connectivity index (χ2v) is 7.37. The number of carbonyl (C=O) groups is 1. The van der Waals surface area contributed by atoms with Crippen molar-refractivity contribution in [2.75, 3.05) is 6.54 Å². The number of nitriles is 1. The molecule has 0 atom stereocenters. The smallest absolute Gasteiger partial charge is 0.321 e. The van der Waals surface area contributed by atoms with Crippen LogP contribution in [-0.4, -0.2) is 25.9 Å². The number of carbonyl (C=O) groups excluding carboxylic acids is 1. The average Bonchev–Trinajstić information content (AvgIpc) is 3.20. The summed E-state index contributed by atoms with van der Waals surface area (Å²) in [6.45, 7) is -0.765. The summed E-state index contributed by atoms with van der Waals surface area (Å²) in [6, 6.07) is 16.5. The van der Waals surface area contributed by atoms with Crippen LogP contribution in [0.1, 0.15) is 11.5 Å². The van der Waals surface area contributed by atoms with Gasteiger partial charge in [0.2, 0.25) is 15.9 Å². The Morgan fingerprint density at radius 3 is 2.54 bits per heavy atom. The molecule has 0 saturated carbocycles. The summed E-state index contributed by atoms with van der Waals surface area (Å²) in [5, 5.41) is 8.74. The predicted octanol–water partition coefficient (Wildman–Crippen LogP) is 2.23. The molecule has 0 bridgehead atoms. The molecule has 0 spiro atoms. The topological polar surface area (TPSA) is 122 Å². The van der Waals surface area contributed by atoms with Crippen LogP contribution < -0.4 is 4.72 Å². The summed E-state index contributed by atoms with van der Waals surface area (Å²) in [6.07, 6.45) is 1.52. The van der Waals surface area contributed by atoms with Crippen LogP contribution in [0.15, 0.2) is 70.1 Å². The van der Waals surface area contributed by atoms with Gasteiger partial charge in [0, 0.05) is 5.56 Å². The third-order valence-corrected chi connectivity index (χ3v) is 5.09. The van der Waals surface area contributed by atoms with Crippen molar-refractivity contribution >= 4 is 16.0 Å². The maximum Gasteiger partial charge on any atom is 0.321 e. The van der Waals surface area contributed by atoms with Gasteiger partial charge in [0.1, 0.15) is 6.54 Å². The molecule has 3 rings (SSSR count). The van der Waals surface area contributed by atoms with Crippen molar-refractivity contribution in [3.63, 3.8) is 0 Å². The Balaban J connectivity index is 1.52. The molecule has 0 fully saturated rings. The van der Waals surface area contributed by atoms with Gasteiger partial charge < -0.3 is 9.15 Å². The summed E-state index contributed by atoms with van der Waals surface area (Å²) >= 11 is 0. The number of oxazole rings is 1. The Morgan fingerprint density at radius 1 is 1.14 bits per heavy atom. The van der Waals surface area contributed by atoms with Crippen LogP contribution >= 0.6 is 0 Å². The van der Waals surface area contributed by atoms with E-state index >= 15 is 0 Å². The predicted molar refractivity (Wildman–Crippen MR) is 98.1 cm³/mol. The number of aromatic nitrogens is 1. The van der Waals surface area contributed by atoms with Crippen LogP contribution in [0.2, 0.25) is 0 Å². The lowest BCUT2D eigenvalue weighted by Gasteiger charge is -2.06. The maximum absolute atomic E-state index is 12.1. The highest BCUT2D eigenvalue weighted by Gasteiger charge is 2.16. The zero-order valence-corrected chi connectivity index (χ0v) is 15.3. The van der Waals surface area contributed by atoms with Crippen LogP contribution in [-0.2, 0) is 26.2 Å². The number of ether oxygens (including phenoxy) is 1. The van der Waals surface area contributed by atoms with E-state index in [9.17, 15) is 13.2 Å². The van der Waals surface area contributed by atoms with Gasteiger partial charge in [0.05, 0.1) is 22.7 Å². The van der Waals surface area contributed by atoms with Gasteiger partial charge in [-0.25, -0.2) is 13.4 Å². The molecule has 0 saturated heterocycles. The molecule has 9 heteroatoms. The largest absolute Gasteiger partial charge is 0.455 e. The second kappa shape index (κ2) is 8.47. The highest BCUT2D eigenvalue weighted by molar-refractivity contribution is 7.89. The Morgan fingerprint density at radius 2 is 1.86 bits per heavy atom. The van der Waals surface area contributed by atoms with Gasteiger partial charge in [-0.3, -0.25) is 4.79 Å². The minimum absolute atomic E-state index is 0.0560. The zero-order valence-electron chi connectivity index (χ0n) is 14.5. The maximum atomic E-state index is 12.1. The van der Waals surface area contributed by atoms with E-state index in [4.69, 9.17) is 14.4 Å². The first-order chi connectivity index (χ1) is 13.5. The van der Waals surface area contributed by atoms with Gasteiger partial charge in [-0.05, 0) is 24.3 Å². The van der Waals surface area contributed by atoms with E-state index in [0.29, 0.717) is 11.3 Å². The molecule has 0 aliphatic heterocycles. The number of hydrogen-bond donors (Lipinski definition) is 1. The summed E-state index contributed by atoms with van der Waals surface area (Å²) in [7, 11) is -3.89. The van der Waals surface area contributed by atoms with Gasteiger partial charge in [0.25, 0.3) is 0 Å². The van der Waals surface area contributed by atoms with Crippen LogP contribution in [0, 0.1) is 11.3 Å². The fourth-order valence-electron chi connectivity index (χ4n) is 2.25. The number of rotatable bonds is 7. The number of nitrogens with zero attached hydrogens (tertiary/aromatic N) is 2. The lowest BCUT2D eigenvalue weighted by Crippen LogP contribution is -2.30. The van der Waals surface area contributed by atoms with Crippen LogP contribution in [0.5, 0.6) is 0 Å². The van der Waals surface area contributed by atoms with E-state index in [1.54, 1.807) is 0 Å². The molecule has 0 aliphatic carbocycles. The molecule has 1 N–H and O–H groups in total. The Hall–Kier alpha value is -3.48. The fourth-order valence-corrected chi connectivity index (χ4v) is 3.22. The molecular formula is C19H15N3O5S. The fraction of sp³-hybridized carbons (Fsp3) is 0.105. The molecule has 0 aliphatic rings. The molecule has 0 radical (unpaired) electrons. The van der Waals surface area contributed by atoms with E-state index in [1.807, 2.05) is 36.4 Å². The number of hydrogen-bond acceptors (Lipinski definition) is 7. The number of nitrogens with one attached hydrogen (secondary N) is 1. The summed E-state index contributed by atoms with van der Waals surface area (Å²) in [4.78, 5) is 15.8. The van der Waals surface area contributed by atoms with Crippen molar-refractivity contribution in [3.05, 3.63) is 72.2 Å². The van der Waals surface area contributed by atoms with Crippen molar-refractivity contribution in [1.29, 1.82) is 5.26 Å². The van der Waals surface area contributed by atoms with E-state index in [0.717, 1.165) is 5.56 Å². The van der Waals surface area contributed by atoms with E-state index in [1.165, 1.54) is 30.5 Å². The zero-order chi connectivity index (χ0) is 20.0. The monoisotopic (exact) mass is 397 g/mol. The lowest BCUT2D eigenvalue weighted by molar-refractivity contribution is -0.144. The average molecular weight is 397 g/mol. The molecule has 1 heterocycles. The number of benzene rings is 2. The number of sulfonamides is 1. The quantitative estimate of drug-likeness (QED) is 0.607. The second-order valence-electron chi connectivity index (χ2n) is 5.61. The highest BCUT2D eigenvalue weighted by Crippen LogP contribution is 2.20. The summed E-state index contributed by atoms with van der Waals surface area (Å²) < 4.78 is 36.9. The van der Waals surface area contributed by atoms with Gasteiger partial charge in [-0.1, -0.05) is 30.3 Å². The van der Waals surface area contributed by atoms with Crippen molar-refractivity contribution in [2.24, 2.45) is 0 Å². The molecule has 142 valence electrons. The van der Waals surface area contributed by atoms with Gasteiger partial charge in [-0.2, -0.15) is 9.98 Å². The van der Waals surface area contributed by atoms with Crippen molar-refractivity contribution < 1.29 is 22.4 Å². The molecule has 0 amide bonds. The standard InChI is InChI=1S/C19H15N3O5S/c20-10-14-6-8-16(9-7-14)28(24,25)22-12-19(23)26-13-18-21-11-17(27-18)15-4-2-1-3-5-15/h1-9,11,22H,12-13H2. The Kier molecular flexibility index (Phi) is 5.84. The molecule has 2 aromatic carbocycles. The van der Waals surface area contributed by atoms with Crippen LogP contribution in [0.4, 0.5) is 0 Å². The van der Waals surface area contributed by atoms with E-state index in [2.05, 4.69) is 9.71 Å². The minimum Gasteiger partial charge on any atom is -0.455 e. The van der Waals surface area contributed by atoms with Crippen molar-refractivity contribution in [2.45, 2.75) is 11.5 Å². The molecule has 1 aromatic heterocycles. The third-order valence-electron chi connectivity index (χ3n) is 3.67. The molecule has 28 heavy (non-hydrogen) atoms. The van der Waals surface area contributed by atoms with Gasteiger partial charge >= 0.3 is 5.97 Å². The molecule has 0 unspecified atom stereocenters. The molecule has 8 nitrogen and oxygen atoms in total. The first-order valence-corrected chi connectivity index (χ1v) is 9.62. The number of esters is 1. The molecule has 3 aromatic rings. The highest BCUT2D eigenvalue weighted by atomic mass is 32.2. The van der Waals surface area contributed by atoms with E-state index in [-0.39, 0.29) is 17.4 Å². The normalized spacial score (nSPS) is 11.0. The Labute approximate surface area is 161 Å². The SMILES string of the molecule is N#Cc1ccc(S(=O)(=O)NCC(=O)OCc2ncc(-c3ccccc3)o2)cc1. The first-order valence-electron chi connectivity index (χ1n) is 8.13. The van der Waals surface area contributed by atoms with E-state index < -0.39 is 22.5 Å². The lowest BCUT2D eigenvalue weighted by atomic mass is 10.2. The van der Waals surface area contributed by atoms with Crippen LogP contribution in [0.3, 0.4) is 0 Å². The Bertz CT molecular complexity index is 1100. The first kappa shape index (κ1) is 19.3. The summed E-state index contributed by atoms with van der Waals surface area (Å²) in [5.74, 6) is -0.0491. The summed E-state index contributed by atoms with van der Waals surface area (Å²) in [5.41, 5.74) is 1.17. The van der Waals surface area contributed by atoms with Crippen molar-refractivity contribution in [3.8, 4) is 17.4 Å². The minimum atomic E-state index is -3.89.